The minimum Gasteiger partial charge on any atom is -0.348 e. The summed E-state index contributed by atoms with van der Waals surface area (Å²) >= 11 is 6.52. The molecule has 0 amide bonds. The third-order valence-corrected chi connectivity index (χ3v) is 7.06. The Kier molecular flexibility index (Phi) is 6.13. The zero-order chi connectivity index (χ0) is 22.9. The van der Waals surface area contributed by atoms with E-state index in [4.69, 9.17) is 16.6 Å². The van der Waals surface area contributed by atoms with Crippen LogP contribution in [0.2, 0.25) is 5.02 Å². The number of aromatic nitrogens is 2. The molecule has 2 aromatic carbocycles. The maximum absolute atomic E-state index is 6.52. The van der Waals surface area contributed by atoms with Crippen molar-refractivity contribution in [3.63, 3.8) is 0 Å². The molecule has 5 rings (SSSR count). The van der Waals surface area contributed by atoms with E-state index in [2.05, 4.69) is 70.6 Å². The molecule has 3 aromatic rings. The van der Waals surface area contributed by atoms with Gasteiger partial charge in [-0.15, -0.1) is 0 Å². The maximum atomic E-state index is 6.52. The SMILES string of the molecule is Cc1cc(Nc2ncc3c(n2)N(C)CN(c2c(C)cccc2Cl)C3)ccc1C1CCNCC1. The fourth-order valence-corrected chi connectivity index (χ4v) is 5.47. The van der Waals surface area contributed by atoms with Crippen molar-refractivity contribution in [2.24, 2.45) is 0 Å². The molecule has 0 spiro atoms. The zero-order valence-electron chi connectivity index (χ0n) is 19.5. The number of fused-ring (bicyclic) bond motifs is 1. The molecule has 1 saturated heterocycles. The molecule has 0 radical (unpaired) electrons. The number of aryl methyl sites for hydroxylation is 2. The summed E-state index contributed by atoms with van der Waals surface area (Å²) < 4.78 is 0. The smallest absolute Gasteiger partial charge is 0.229 e. The Bertz CT molecular complexity index is 1140. The summed E-state index contributed by atoms with van der Waals surface area (Å²) in [6, 6.07) is 12.7. The summed E-state index contributed by atoms with van der Waals surface area (Å²) in [4.78, 5) is 13.9. The van der Waals surface area contributed by atoms with Crippen molar-refractivity contribution in [2.75, 3.05) is 41.9 Å². The number of halogens is 1. The van der Waals surface area contributed by atoms with E-state index in [0.29, 0.717) is 11.9 Å². The van der Waals surface area contributed by atoms with Crippen LogP contribution in [-0.2, 0) is 6.54 Å². The van der Waals surface area contributed by atoms with E-state index < -0.39 is 0 Å². The van der Waals surface area contributed by atoms with Gasteiger partial charge in [-0.25, -0.2) is 4.98 Å². The molecule has 1 fully saturated rings. The van der Waals surface area contributed by atoms with Crippen LogP contribution in [0.4, 0.5) is 23.1 Å². The minimum atomic E-state index is 0.622. The molecule has 0 atom stereocenters. The second-order valence-corrected chi connectivity index (χ2v) is 9.61. The largest absolute Gasteiger partial charge is 0.348 e. The number of nitrogens with zero attached hydrogens (tertiary/aromatic N) is 4. The number of hydrogen-bond acceptors (Lipinski definition) is 6. The number of anilines is 4. The molecule has 6 nitrogen and oxygen atoms in total. The maximum Gasteiger partial charge on any atom is 0.229 e. The second kappa shape index (κ2) is 9.20. The molecule has 0 unspecified atom stereocenters. The Morgan fingerprint density at radius 2 is 1.91 bits per heavy atom. The predicted molar refractivity (Wildman–Crippen MR) is 137 cm³/mol. The van der Waals surface area contributed by atoms with E-state index >= 15 is 0 Å². The number of benzene rings is 2. The molecule has 0 saturated carbocycles. The van der Waals surface area contributed by atoms with Gasteiger partial charge in [-0.05, 0) is 80.6 Å². The Morgan fingerprint density at radius 3 is 2.67 bits per heavy atom. The standard InChI is InChI=1S/C26H31ClN6/c1-17-5-4-6-23(27)24(17)33-15-20-14-29-26(31-25(20)32(3)16-33)30-21-7-8-22(18(2)13-21)19-9-11-28-12-10-19/h4-8,13-14,19,28H,9-12,15-16H2,1-3H3,(H,29,30,31). The van der Waals surface area contributed by atoms with Gasteiger partial charge in [0.05, 0.1) is 17.4 Å². The quantitative estimate of drug-likeness (QED) is 0.543. The van der Waals surface area contributed by atoms with Crippen LogP contribution in [0.5, 0.6) is 0 Å². The highest BCUT2D eigenvalue weighted by molar-refractivity contribution is 6.33. The molecule has 172 valence electrons. The van der Waals surface area contributed by atoms with Crippen molar-refractivity contribution in [3.05, 3.63) is 69.9 Å². The zero-order valence-corrected chi connectivity index (χ0v) is 20.3. The van der Waals surface area contributed by atoms with Crippen LogP contribution in [0.3, 0.4) is 0 Å². The molecule has 0 aliphatic carbocycles. The summed E-state index contributed by atoms with van der Waals surface area (Å²) in [7, 11) is 2.06. The van der Waals surface area contributed by atoms with E-state index in [1.165, 1.54) is 29.5 Å². The van der Waals surface area contributed by atoms with E-state index in [-0.39, 0.29) is 0 Å². The monoisotopic (exact) mass is 462 g/mol. The minimum absolute atomic E-state index is 0.622. The van der Waals surface area contributed by atoms with Gasteiger partial charge in [0.2, 0.25) is 5.95 Å². The van der Waals surface area contributed by atoms with Crippen LogP contribution in [0.25, 0.3) is 0 Å². The van der Waals surface area contributed by atoms with Crippen LogP contribution in [0.15, 0.2) is 42.6 Å². The summed E-state index contributed by atoms with van der Waals surface area (Å²) in [6.45, 7) is 7.96. The van der Waals surface area contributed by atoms with Crippen LogP contribution in [-0.4, -0.2) is 36.8 Å². The van der Waals surface area contributed by atoms with Gasteiger partial charge in [0.1, 0.15) is 5.82 Å². The second-order valence-electron chi connectivity index (χ2n) is 9.21. The molecule has 2 aliphatic rings. The van der Waals surface area contributed by atoms with Crippen molar-refractivity contribution < 1.29 is 0 Å². The van der Waals surface area contributed by atoms with Gasteiger partial charge in [0, 0.05) is 31.0 Å². The lowest BCUT2D eigenvalue weighted by Crippen LogP contribution is -2.41. The molecule has 2 N–H and O–H groups in total. The van der Waals surface area contributed by atoms with Gasteiger partial charge < -0.3 is 20.4 Å². The first-order valence-corrected chi connectivity index (χ1v) is 12.0. The fraction of sp³-hybridized carbons (Fsp3) is 0.385. The normalized spacial score (nSPS) is 16.6. The molecular formula is C26H31ClN6. The predicted octanol–water partition coefficient (Wildman–Crippen LogP) is 5.37. The van der Waals surface area contributed by atoms with Crippen molar-refractivity contribution in [1.82, 2.24) is 15.3 Å². The van der Waals surface area contributed by atoms with Gasteiger partial charge in [-0.1, -0.05) is 29.8 Å². The van der Waals surface area contributed by atoms with Crippen LogP contribution in [0, 0.1) is 13.8 Å². The third kappa shape index (κ3) is 4.50. The topological polar surface area (TPSA) is 56.3 Å². The number of rotatable bonds is 4. The highest BCUT2D eigenvalue weighted by atomic mass is 35.5. The van der Waals surface area contributed by atoms with Gasteiger partial charge in [0.15, 0.2) is 0 Å². The van der Waals surface area contributed by atoms with E-state index in [1.54, 1.807) is 0 Å². The lowest BCUT2D eigenvalue weighted by Gasteiger charge is -2.37. The highest BCUT2D eigenvalue weighted by Gasteiger charge is 2.25. The average molecular weight is 463 g/mol. The fourth-order valence-electron chi connectivity index (χ4n) is 5.13. The number of piperidine rings is 1. The van der Waals surface area contributed by atoms with Gasteiger partial charge >= 0.3 is 0 Å². The van der Waals surface area contributed by atoms with E-state index in [9.17, 15) is 0 Å². The van der Waals surface area contributed by atoms with E-state index in [1.807, 2.05) is 18.3 Å². The van der Waals surface area contributed by atoms with Crippen molar-refractivity contribution in [2.45, 2.75) is 39.2 Å². The summed E-state index contributed by atoms with van der Waals surface area (Å²) in [5.41, 5.74) is 7.14. The molecule has 3 heterocycles. The average Bonchev–Trinajstić information content (AvgIpc) is 2.80. The van der Waals surface area contributed by atoms with Crippen LogP contribution < -0.4 is 20.4 Å². The molecule has 7 heteroatoms. The van der Waals surface area contributed by atoms with Crippen molar-refractivity contribution in [1.29, 1.82) is 0 Å². The molecule has 1 aromatic heterocycles. The summed E-state index contributed by atoms with van der Waals surface area (Å²) in [6.07, 6.45) is 4.34. The lowest BCUT2D eigenvalue weighted by molar-refractivity contribution is 0.459. The van der Waals surface area contributed by atoms with Gasteiger partial charge in [-0.3, -0.25) is 0 Å². The first-order valence-electron chi connectivity index (χ1n) is 11.6. The van der Waals surface area contributed by atoms with Crippen molar-refractivity contribution in [3.8, 4) is 0 Å². The lowest BCUT2D eigenvalue weighted by atomic mass is 9.87. The third-order valence-electron chi connectivity index (χ3n) is 6.76. The first kappa shape index (κ1) is 22.0. The van der Waals surface area contributed by atoms with E-state index in [0.717, 1.165) is 54.1 Å². The summed E-state index contributed by atoms with van der Waals surface area (Å²) in [5, 5.41) is 7.63. The Balaban J connectivity index is 1.34. The molecule has 33 heavy (non-hydrogen) atoms. The Hall–Kier alpha value is -2.83. The van der Waals surface area contributed by atoms with Gasteiger partial charge in [0.25, 0.3) is 0 Å². The number of para-hydroxylation sites is 1. The number of nitrogens with one attached hydrogen (secondary N) is 2. The van der Waals surface area contributed by atoms with Crippen LogP contribution in [0.1, 0.15) is 41.0 Å². The summed E-state index contributed by atoms with van der Waals surface area (Å²) in [5.74, 6) is 2.23. The Morgan fingerprint density at radius 1 is 1.09 bits per heavy atom. The first-order chi connectivity index (χ1) is 16.0. The van der Waals surface area contributed by atoms with Crippen LogP contribution >= 0.6 is 11.6 Å². The molecule has 2 aliphatic heterocycles. The Labute approximate surface area is 201 Å². The number of hydrogen-bond donors (Lipinski definition) is 2. The van der Waals surface area contributed by atoms with Gasteiger partial charge in [-0.2, -0.15) is 4.98 Å². The highest BCUT2D eigenvalue weighted by Crippen LogP contribution is 2.35. The molecular weight excluding hydrogens is 432 g/mol. The van der Waals surface area contributed by atoms with Crippen molar-refractivity contribution >= 4 is 34.7 Å². The molecule has 0 bridgehead atoms.